The van der Waals surface area contributed by atoms with Crippen molar-refractivity contribution < 1.29 is 55.2 Å². The maximum Gasteiger partial charge on any atom is 2.00 e. The number of azo groups is 2. The number of carbonyl (C=O) groups excluding carboxylic acids is 2. The molecule has 73 heavy (non-hydrogen) atoms. The molecule has 18 nitrogen and oxygen atoms in total. The van der Waals surface area contributed by atoms with Crippen LogP contribution in [0.5, 0.6) is 23.0 Å². The topological polar surface area (TPSA) is 281 Å². The van der Waals surface area contributed by atoms with Gasteiger partial charge < -0.3 is 34.9 Å². The zero-order valence-electron chi connectivity index (χ0n) is 38.7. The SMILES string of the molecule is COc1ccc(NC(=O)c2cc3ccccc3c(N=Nc3c(S(=O)(=O)O)ccc(Cl)c3C)c2O)cc1.COc1ccc(NC(=O)c2cc3ccccc3c(N=Nc3c(S(=O)(=O)[O-])ccc(Cl)c3C)c2[O-])cc1.[Ba+2]. The van der Waals surface area contributed by atoms with Crippen molar-refractivity contribution in [3.05, 3.63) is 166 Å². The molecule has 8 aromatic rings. The normalized spacial score (nSPS) is 11.5. The molecule has 0 bridgehead atoms. The van der Waals surface area contributed by atoms with E-state index in [4.69, 9.17) is 32.7 Å². The van der Waals surface area contributed by atoms with E-state index in [1.807, 2.05) is 0 Å². The Bertz CT molecular complexity index is 3490. The van der Waals surface area contributed by atoms with Crippen molar-refractivity contribution in [2.24, 2.45) is 20.5 Å². The number of amides is 2. The fourth-order valence-electron chi connectivity index (χ4n) is 7.07. The number of fused-ring (bicyclic) bond motifs is 2. The van der Waals surface area contributed by atoms with Crippen LogP contribution in [0.1, 0.15) is 31.8 Å². The van der Waals surface area contributed by atoms with Crippen LogP contribution in [0.3, 0.4) is 0 Å². The smallest absolute Gasteiger partial charge is 0.870 e. The third kappa shape index (κ3) is 12.9. The molecule has 0 fully saturated rings. The fourth-order valence-corrected chi connectivity index (χ4v) is 8.72. The van der Waals surface area contributed by atoms with Crippen molar-refractivity contribution in [1.82, 2.24) is 0 Å². The monoisotopic (exact) mass is 1190 g/mol. The Hall–Kier alpha value is -6.41. The van der Waals surface area contributed by atoms with Crippen LogP contribution in [0.2, 0.25) is 10.0 Å². The summed E-state index contributed by atoms with van der Waals surface area (Å²) < 4.78 is 78.8. The summed E-state index contributed by atoms with van der Waals surface area (Å²) in [6, 6.07) is 34.4. The summed E-state index contributed by atoms with van der Waals surface area (Å²) >= 11 is 12.2. The van der Waals surface area contributed by atoms with Gasteiger partial charge in [0.15, 0.2) is 5.75 Å². The number of aromatic hydroxyl groups is 1. The van der Waals surface area contributed by atoms with E-state index in [1.165, 1.54) is 52.3 Å². The maximum absolute atomic E-state index is 13.3. The Labute approximate surface area is 468 Å². The van der Waals surface area contributed by atoms with Crippen molar-refractivity contribution in [3.63, 3.8) is 0 Å². The summed E-state index contributed by atoms with van der Waals surface area (Å²) in [5, 5.41) is 48.1. The maximum atomic E-state index is 13.3. The van der Waals surface area contributed by atoms with Crippen LogP contribution in [0, 0.1) is 13.8 Å². The average molecular weight is 1190 g/mol. The second-order valence-corrected chi connectivity index (χ2v) is 19.0. The van der Waals surface area contributed by atoms with Crippen LogP contribution in [-0.4, -0.2) is 106 Å². The van der Waals surface area contributed by atoms with Gasteiger partial charge in [0.2, 0.25) is 0 Å². The number of hydrogen-bond acceptors (Lipinski definition) is 15. The third-order valence-corrected chi connectivity index (χ3v) is 13.4. The summed E-state index contributed by atoms with van der Waals surface area (Å²) in [6.45, 7) is 2.99. The third-order valence-electron chi connectivity index (χ3n) is 10.9. The van der Waals surface area contributed by atoms with E-state index < -0.39 is 53.3 Å². The van der Waals surface area contributed by atoms with Gasteiger partial charge >= 0.3 is 48.9 Å². The summed E-state index contributed by atoms with van der Waals surface area (Å²) in [5.41, 5.74) is 0.371. The first-order chi connectivity index (χ1) is 34.2. The number of rotatable bonds is 12. The quantitative estimate of drug-likeness (QED) is 0.0505. The molecular weight excluding hydrogens is 1150 g/mol. The van der Waals surface area contributed by atoms with Gasteiger partial charge in [-0.2, -0.15) is 13.5 Å². The van der Waals surface area contributed by atoms with E-state index >= 15 is 0 Å². The van der Waals surface area contributed by atoms with Crippen LogP contribution in [0.25, 0.3) is 21.5 Å². The van der Waals surface area contributed by atoms with Crippen LogP contribution in [-0.2, 0) is 20.2 Å². The van der Waals surface area contributed by atoms with Gasteiger partial charge in [-0.25, -0.2) is 8.42 Å². The summed E-state index contributed by atoms with van der Waals surface area (Å²) in [5.74, 6) is -1.25. The van der Waals surface area contributed by atoms with Crippen LogP contribution in [0.4, 0.5) is 34.1 Å². The second-order valence-electron chi connectivity index (χ2n) is 15.4. The van der Waals surface area contributed by atoms with E-state index in [0.717, 1.165) is 12.1 Å². The zero-order chi connectivity index (χ0) is 52.1. The van der Waals surface area contributed by atoms with Gasteiger partial charge in [0.25, 0.3) is 21.9 Å². The molecule has 8 aromatic carbocycles. The molecule has 0 spiro atoms. The Balaban J connectivity index is 0.000000235. The van der Waals surface area contributed by atoms with Gasteiger partial charge in [0.1, 0.15) is 43.6 Å². The molecule has 2 amide bonds. The first-order valence-corrected chi connectivity index (χ1v) is 24.5. The fraction of sp³-hybridized carbons (Fsp3) is 0.0800. The molecule has 0 radical (unpaired) electrons. The number of halogens is 2. The van der Waals surface area contributed by atoms with Crippen molar-refractivity contribution in [1.29, 1.82) is 0 Å². The average Bonchev–Trinajstić information content (AvgIpc) is 3.35. The van der Waals surface area contributed by atoms with E-state index in [0.29, 0.717) is 44.4 Å². The minimum Gasteiger partial charge on any atom is -0.870 e. The first kappa shape index (κ1) is 55.9. The molecule has 8 rings (SSSR count). The molecule has 4 N–H and O–H groups in total. The molecule has 0 heterocycles. The van der Waals surface area contributed by atoms with Crippen molar-refractivity contribution in [2.45, 2.75) is 23.6 Å². The molecule has 0 unspecified atom stereocenters. The summed E-state index contributed by atoms with van der Waals surface area (Å²) in [6.07, 6.45) is 0. The van der Waals surface area contributed by atoms with Gasteiger partial charge in [-0.1, -0.05) is 77.5 Å². The van der Waals surface area contributed by atoms with Gasteiger partial charge in [0, 0.05) is 37.8 Å². The number of benzene rings is 8. The molecule has 0 aromatic heterocycles. The number of carbonyl (C=O) groups is 2. The Morgan fingerprint density at radius 2 is 0.973 bits per heavy atom. The van der Waals surface area contributed by atoms with Crippen molar-refractivity contribution in [3.8, 4) is 23.0 Å². The number of nitrogens with one attached hydrogen (secondary N) is 2. The molecule has 23 heteroatoms. The molecule has 0 saturated heterocycles. The molecule has 368 valence electrons. The van der Waals surface area contributed by atoms with Crippen LogP contribution in [0.15, 0.2) is 164 Å². The first-order valence-electron chi connectivity index (χ1n) is 20.9. The van der Waals surface area contributed by atoms with E-state index in [1.54, 1.807) is 97.1 Å². The molecule has 0 atom stereocenters. The number of methoxy groups -OCH3 is 2. The van der Waals surface area contributed by atoms with Crippen molar-refractivity contribution in [2.75, 3.05) is 24.9 Å². The Kier molecular flexibility index (Phi) is 18.1. The molecule has 0 aliphatic rings. The van der Waals surface area contributed by atoms with Gasteiger partial charge in [-0.3, -0.25) is 14.1 Å². The Morgan fingerprint density at radius 1 is 0.575 bits per heavy atom. The molecule has 0 saturated carbocycles. The standard InChI is InChI=1S/2C25H20ClN3O6S.Ba/c2*1-14-20(26)11-12-21(36(32,33)34)22(14)28-29-23-18-6-4-3-5-15(18)13-19(24(23)30)25(31)27-16-7-9-17(35-2)10-8-16;/h2*3-13,30H,1-2H3,(H,27,31)(H,32,33,34);/q;;+2/p-2. The number of phenols is 1. The van der Waals surface area contributed by atoms with E-state index in [-0.39, 0.29) is 104 Å². The van der Waals surface area contributed by atoms with Gasteiger partial charge in [0.05, 0.1) is 30.4 Å². The summed E-state index contributed by atoms with van der Waals surface area (Å²) in [7, 11) is -6.50. The minimum absolute atomic E-state index is 0. The second kappa shape index (κ2) is 23.6. The number of ether oxygens (including phenoxy) is 2. The van der Waals surface area contributed by atoms with Crippen molar-refractivity contribution >= 4 is 160 Å². The predicted molar refractivity (Wildman–Crippen MR) is 275 cm³/mol. The zero-order valence-corrected chi connectivity index (χ0v) is 46.3. The van der Waals surface area contributed by atoms with Crippen LogP contribution < -0.4 is 25.2 Å². The Morgan fingerprint density at radius 3 is 1.44 bits per heavy atom. The number of anilines is 2. The summed E-state index contributed by atoms with van der Waals surface area (Å²) in [4.78, 5) is 24.9. The van der Waals surface area contributed by atoms with E-state index in [9.17, 15) is 45.7 Å². The minimum atomic E-state index is -4.90. The molecule has 0 aliphatic carbocycles. The molecule has 0 aliphatic heterocycles. The largest absolute Gasteiger partial charge is 2.00 e. The van der Waals surface area contributed by atoms with Gasteiger partial charge in [-0.05, 0) is 121 Å². The number of hydrogen-bond donors (Lipinski definition) is 4. The molecular formula is C50H38BaCl2N6O12S2. The predicted octanol–water partition coefficient (Wildman–Crippen LogP) is 11.5. The van der Waals surface area contributed by atoms with E-state index in [2.05, 4.69) is 31.1 Å². The van der Waals surface area contributed by atoms with Crippen LogP contribution >= 0.6 is 23.2 Å². The number of nitrogens with zero attached hydrogens (tertiary/aromatic N) is 4. The van der Waals surface area contributed by atoms with Gasteiger partial charge in [-0.15, -0.1) is 15.3 Å². The number of phenolic OH excluding ortho intramolecular Hbond substituents is 1.